The van der Waals surface area contributed by atoms with Crippen LogP contribution in [0.4, 0.5) is 4.79 Å². The lowest BCUT2D eigenvalue weighted by molar-refractivity contribution is 0.231. The highest BCUT2D eigenvalue weighted by atomic mass is 16.3. The Kier molecular flexibility index (Phi) is 4.45. The predicted molar refractivity (Wildman–Crippen MR) is 75.2 cm³/mol. The van der Waals surface area contributed by atoms with Gasteiger partial charge in [0.2, 0.25) is 0 Å². The molecule has 0 aromatic carbocycles. The molecule has 108 valence electrons. The van der Waals surface area contributed by atoms with Crippen LogP contribution in [0.2, 0.25) is 0 Å². The number of amides is 2. The smallest absolute Gasteiger partial charge is 0.315 e. The third-order valence-corrected chi connectivity index (χ3v) is 2.93. The first-order valence-corrected chi connectivity index (χ1v) is 6.65. The molecular weight excluding hydrogens is 256 g/mol. The normalized spacial score (nSPS) is 13.8. The van der Waals surface area contributed by atoms with Gasteiger partial charge in [0.05, 0.1) is 12.6 Å². The molecule has 0 aliphatic carbocycles. The SMILES string of the molecule is Cc1ccc([C@@H](C)NC(=O)N[C@@H](C)Cn2cccn2)o1. The van der Waals surface area contributed by atoms with Crippen molar-refractivity contribution in [1.82, 2.24) is 20.4 Å². The standard InChI is InChI=1S/C14H20N4O2/c1-10(9-18-8-4-7-15-18)16-14(19)17-12(3)13-6-5-11(2)20-13/h4-8,10,12H,9H2,1-3H3,(H2,16,17,19)/t10-,12+/m0/s1. The molecule has 0 fully saturated rings. The molecule has 2 rings (SSSR count). The number of aromatic nitrogens is 2. The van der Waals surface area contributed by atoms with E-state index >= 15 is 0 Å². The highest BCUT2D eigenvalue weighted by Gasteiger charge is 2.14. The molecule has 0 radical (unpaired) electrons. The molecule has 0 bridgehead atoms. The topological polar surface area (TPSA) is 72.1 Å². The van der Waals surface area contributed by atoms with E-state index in [0.29, 0.717) is 6.54 Å². The van der Waals surface area contributed by atoms with E-state index in [1.54, 1.807) is 10.9 Å². The summed E-state index contributed by atoms with van der Waals surface area (Å²) >= 11 is 0. The van der Waals surface area contributed by atoms with Crippen molar-refractivity contribution in [2.45, 2.75) is 39.4 Å². The van der Waals surface area contributed by atoms with Crippen LogP contribution in [-0.2, 0) is 6.54 Å². The summed E-state index contributed by atoms with van der Waals surface area (Å²) in [4.78, 5) is 11.9. The summed E-state index contributed by atoms with van der Waals surface area (Å²) in [6, 6.07) is 5.21. The van der Waals surface area contributed by atoms with Crippen molar-refractivity contribution in [1.29, 1.82) is 0 Å². The van der Waals surface area contributed by atoms with Gasteiger partial charge in [-0.15, -0.1) is 0 Å². The molecule has 0 unspecified atom stereocenters. The summed E-state index contributed by atoms with van der Waals surface area (Å²) in [5.41, 5.74) is 0. The van der Waals surface area contributed by atoms with Crippen molar-refractivity contribution in [2.24, 2.45) is 0 Å². The summed E-state index contributed by atoms with van der Waals surface area (Å²) in [6.07, 6.45) is 3.58. The average Bonchev–Trinajstić information content (AvgIpc) is 3.00. The first-order chi connectivity index (χ1) is 9.54. The Morgan fingerprint density at radius 1 is 1.40 bits per heavy atom. The van der Waals surface area contributed by atoms with E-state index in [1.165, 1.54) is 0 Å². The molecule has 2 amide bonds. The number of furan rings is 1. The number of hydrogen-bond donors (Lipinski definition) is 2. The van der Waals surface area contributed by atoms with Crippen LogP contribution in [0.3, 0.4) is 0 Å². The van der Waals surface area contributed by atoms with Crippen LogP contribution in [0, 0.1) is 6.92 Å². The molecule has 2 N–H and O–H groups in total. The van der Waals surface area contributed by atoms with Crippen LogP contribution < -0.4 is 10.6 Å². The summed E-state index contributed by atoms with van der Waals surface area (Å²) in [5.74, 6) is 1.58. The minimum Gasteiger partial charge on any atom is -0.464 e. The van der Waals surface area contributed by atoms with Crippen molar-refractivity contribution in [3.8, 4) is 0 Å². The fourth-order valence-electron chi connectivity index (χ4n) is 1.95. The second kappa shape index (κ2) is 6.27. The minimum atomic E-state index is -0.216. The molecule has 0 spiro atoms. The zero-order valence-electron chi connectivity index (χ0n) is 12.0. The largest absolute Gasteiger partial charge is 0.464 e. The Morgan fingerprint density at radius 2 is 2.20 bits per heavy atom. The maximum atomic E-state index is 11.9. The lowest BCUT2D eigenvalue weighted by Gasteiger charge is -2.17. The zero-order valence-corrected chi connectivity index (χ0v) is 12.0. The lowest BCUT2D eigenvalue weighted by Crippen LogP contribution is -2.43. The van der Waals surface area contributed by atoms with Gasteiger partial charge in [0.15, 0.2) is 0 Å². The molecule has 2 aromatic rings. The molecule has 2 heterocycles. The zero-order chi connectivity index (χ0) is 14.5. The second-order valence-electron chi connectivity index (χ2n) is 4.92. The van der Waals surface area contributed by atoms with Crippen LogP contribution in [0.5, 0.6) is 0 Å². The van der Waals surface area contributed by atoms with Gasteiger partial charge in [-0.2, -0.15) is 5.10 Å². The van der Waals surface area contributed by atoms with Gasteiger partial charge < -0.3 is 15.1 Å². The fraction of sp³-hybridized carbons (Fsp3) is 0.429. The van der Waals surface area contributed by atoms with E-state index in [1.807, 2.05) is 45.2 Å². The van der Waals surface area contributed by atoms with Gasteiger partial charge in [0.1, 0.15) is 11.5 Å². The van der Waals surface area contributed by atoms with Gasteiger partial charge in [0.25, 0.3) is 0 Å². The van der Waals surface area contributed by atoms with E-state index < -0.39 is 0 Å². The number of rotatable bonds is 5. The van der Waals surface area contributed by atoms with Gasteiger partial charge in [-0.25, -0.2) is 4.79 Å². The Labute approximate surface area is 118 Å². The summed E-state index contributed by atoms with van der Waals surface area (Å²) in [6.45, 7) is 6.33. The van der Waals surface area contributed by atoms with E-state index in [4.69, 9.17) is 4.42 Å². The average molecular weight is 276 g/mol. The quantitative estimate of drug-likeness (QED) is 0.879. The van der Waals surface area contributed by atoms with Crippen molar-refractivity contribution in [3.63, 3.8) is 0 Å². The lowest BCUT2D eigenvalue weighted by atomic mass is 10.2. The summed E-state index contributed by atoms with van der Waals surface area (Å²) in [7, 11) is 0. The highest BCUT2D eigenvalue weighted by Crippen LogP contribution is 2.15. The molecule has 2 aromatic heterocycles. The molecule has 6 heteroatoms. The van der Waals surface area contributed by atoms with Crippen molar-refractivity contribution >= 4 is 6.03 Å². The van der Waals surface area contributed by atoms with Crippen molar-refractivity contribution in [2.75, 3.05) is 0 Å². The molecule has 6 nitrogen and oxygen atoms in total. The maximum Gasteiger partial charge on any atom is 0.315 e. The number of hydrogen-bond acceptors (Lipinski definition) is 3. The fourth-order valence-corrected chi connectivity index (χ4v) is 1.95. The van der Waals surface area contributed by atoms with Gasteiger partial charge in [-0.05, 0) is 39.0 Å². The predicted octanol–water partition coefficient (Wildman–Crippen LogP) is 2.23. The molecule has 20 heavy (non-hydrogen) atoms. The van der Waals surface area contributed by atoms with E-state index in [2.05, 4.69) is 15.7 Å². The van der Waals surface area contributed by atoms with Crippen molar-refractivity contribution < 1.29 is 9.21 Å². The number of carbonyl (C=O) groups excluding carboxylic acids is 1. The maximum absolute atomic E-state index is 11.9. The van der Waals surface area contributed by atoms with E-state index in [0.717, 1.165) is 11.5 Å². The van der Waals surface area contributed by atoms with Crippen LogP contribution >= 0.6 is 0 Å². The Hall–Kier alpha value is -2.24. The van der Waals surface area contributed by atoms with Gasteiger partial charge in [0, 0.05) is 18.4 Å². The second-order valence-corrected chi connectivity index (χ2v) is 4.92. The number of urea groups is 1. The summed E-state index contributed by atoms with van der Waals surface area (Å²) in [5, 5.41) is 9.82. The molecule has 0 saturated carbocycles. The van der Waals surface area contributed by atoms with Crippen molar-refractivity contribution in [3.05, 3.63) is 42.1 Å². The van der Waals surface area contributed by atoms with E-state index in [-0.39, 0.29) is 18.1 Å². The number of aryl methyl sites for hydroxylation is 1. The van der Waals surface area contributed by atoms with Crippen LogP contribution in [0.25, 0.3) is 0 Å². The Bertz CT molecular complexity index is 547. The highest BCUT2D eigenvalue weighted by molar-refractivity contribution is 5.74. The molecular formula is C14H20N4O2. The van der Waals surface area contributed by atoms with Gasteiger partial charge >= 0.3 is 6.03 Å². The number of nitrogens with zero attached hydrogens (tertiary/aromatic N) is 2. The monoisotopic (exact) mass is 276 g/mol. The van der Waals surface area contributed by atoms with Crippen LogP contribution in [0.15, 0.2) is 35.0 Å². The number of carbonyl (C=O) groups is 1. The third kappa shape index (κ3) is 3.88. The molecule has 0 saturated heterocycles. The molecule has 0 aliphatic heterocycles. The Balaban J connectivity index is 1.80. The molecule has 2 atom stereocenters. The first-order valence-electron chi connectivity index (χ1n) is 6.65. The Morgan fingerprint density at radius 3 is 2.80 bits per heavy atom. The van der Waals surface area contributed by atoms with Crippen LogP contribution in [-0.4, -0.2) is 21.9 Å². The van der Waals surface area contributed by atoms with Crippen LogP contribution in [0.1, 0.15) is 31.4 Å². The van der Waals surface area contributed by atoms with Gasteiger partial charge in [-0.3, -0.25) is 4.68 Å². The minimum absolute atomic E-state index is 0.0135. The van der Waals surface area contributed by atoms with E-state index in [9.17, 15) is 4.79 Å². The van der Waals surface area contributed by atoms with Gasteiger partial charge in [-0.1, -0.05) is 0 Å². The summed E-state index contributed by atoms with van der Waals surface area (Å²) < 4.78 is 7.26. The number of nitrogens with one attached hydrogen (secondary N) is 2. The first kappa shape index (κ1) is 14.2. The third-order valence-electron chi connectivity index (χ3n) is 2.93. The molecule has 0 aliphatic rings.